The standard InChI is InChI=1S/C12H13Br2N3O2S/c1-3-15-12-9(16-17-20-12)6-19-11-5-7(13)10(18-2)4-8(11)14/h4-5,15H,3,6H2,1-2H3. The lowest BCUT2D eigenvalue weighted by molar-refractivity contribution is 0.298. The van der Waals surface area contributed by atoms with Crippen LogP contribution >= 0.6 is 43.4 Å². The molecule has 0 saturated carbocycles. The number of nitrogens with one attached hydrogen (secondary N) is 1. The number of anilines is 1. The van der Waals surface area contributed by atoms with Gasteiger partial charge in [0, 0.05) is 18.1 Å². The van der Waals surface area contributed by atoms with E-state index in [2.05, 4.69) is 46.8 Å². The largest absolute Gasteiger partial charge is 0.496 e. The van der Waals surface area contributed by atoms with Gasteiger partial charge < -0.3 is 14.8 Å². The quantitative estimate of drug-likeness (QED) is 0.759. The predicted molar refractivity (Wildman–Crippen MR) is 86.8 cm³/mol. The van der Waals surface area contributed by atoms with Gasteiger partial charge in [-0.3, -0.25) is 0 Å². The lowest BCUT2D eigenvalue weighted by Gasteiger charge is -2.11. The van der Waals surface area contributed by atoms with Gasteiger partial charge in [0.1, 0.15) is 28.8 Å². The highest BCUT2D eigenvalue weighted by Crippen LogP contribution is 2.36. The van der Waals surface area contributed by atoms with Crippen LogP contribution < -0.4 is 14.8 Å². The maximum Gasteiger partial charge on any atom is 0.136 e. The number of aromatic nitrogens is 2. The van der Waals surface area contributed by atoms with E-state index in [1.165, 1.54) is 11.5 Å². The van der Waals surface area contributed by atoms with Crippen molar-refractivity contribution in [3.63, 3.8) is 0 Å². The maximum atomic E-state index is 5.78. The first-order chi connectivity index (χ1) is 9.65. The molecule has 0 bridgehead atoms. The summed E-state index contributed by atoms with van der Waals surface area (Å²) in [4.78, 5) is 0. The predicted octanol–water partition coefficient (Wildman–Crippen LogP) is 4.08. The summed E-state index contributed by atoms with van der Waals surface area (Å²) in [6, 6.07) is 3.71. The Morgan fingerprint density at radius 1 is 1.25 bits per heavy atom. The molecule has 1 aromatic carbocycles. The van der Waals surface area contributed by atoms with Gasteiger partial charge in [-0.1, -0.05) is 4.49 Å². The number of benzene rings is 1. The Bertz CT molecular complexity index is 592. The highest BCUT2D eigenvalue weighted by molar-refractivity contribution is 9.11. The fourth-order valence-electron chi connectivity index (χ4n) is 1.52. The fraction of sp³-hybridized carbons (Fsp3) is 0.333. The minimum Gasteiger partial charge on any atom is -0.496 e. The highest BCUT2D eigenvalue weighted by Gasteiger charge is 2.11. The summed E-state index contributed by atoms with van der Waals surface area (Å²) >= 11 is 8.23. The lowest BCUT2D eigenvalue weighted by Crippen LogP contribution is -2.02. The van der Waals surface area contributed by atoms with Crippen molar-refractivity contribution < 1.29 is 9.47 Å². The molecule has 20 heavy (non-hydrogen) atoms. The summed E-state index contributed by atoms with van der Waals surface area (Å²) in [7, 11) is 1.62. The summed E-state index contributed by atoms with van der Waals surface area (Å²) in [5, 5.41) is 8.22. The summed E-state index contributed by atoms with van der Waals surface area (Å²) in [6.07, 6.45) is 0. The third-order valence-electron chi connectivity index (χ3n) is 2.46. The average molecular weight is 423 g/mol. The smallest absolute Gasteiger partial charge is 0.136 e. The van der Waals surface area contributed by atoms with Gasteiger partial charge in [-0.2, -0.15) is 0 Å². The third-order valence-corrected chi connectivity index (χ3v) is 4.43. The van der Waals surface area contributed by atoms with Crippen LogP contribution in [0, 0.1) is 0 Å². The minimum atomic E-state index is 0.357. The van der Waals surface area contributed by atoms with Crippen molar-refractivity contribution in [2.45, 2.75) is 13.5 Å². The molecule has 0 unspecified atom stereocenters. The first-order valence-electron chi connectivity index (χ1n) is 5.86. The van der Waals surface area contributed by atoms with E-state index in [-0.39, 0.29) is 0 Å². The van der Waals surface area contributed by atoms with Gasteiger partial charge in [0.05, 0.1) is 16.1 Å². The minimum absolute atomic E-state index is 0.357. The molecule has 1 aromatic heterocycles. The SMILES string of the molecule is CCNc1snnc1COc1cc(Br)c(OC)cc1Br. The van der Waals surface area contributed by atoms with Crippen LogP contribution in [0.15, 0.2) is 21.1 Å². The second-order valence-corrected chi connectivity index (χ2v) is 6.25. The van der Waals surface area contributed by atoms with E-state index in [0.29, 0.717) is 12.4 Å². The van der Waals surface area contributed by atoms with Gasteiger partial charge in [-0.25, -0.2) is 0 Å². The third kappa shape index (κ3) is 3.62. The Hall–Kier alpha value is -0.860. The Labute approximate surface area is 138 Å². The first-order valence-corrected chi connectivity index (χ1v) is 8.22. The van der Waals surface area contributed by atoms with E-state index in [0.717, 1.165) is 31.9 Å². The number of hydrogen-bond donors (Lipinski definition) is 1. The molecule has 0 saturated heterocycles. The summed E-state index contributed by atoms with van der Waals surface area (Å²) in [5.41, 5.74) is 0.802. The zero-order valence-electron chi connectivity index (χ0n) is 10.9. The van der Waals surface area contributed by atoms with Crippen molar-refractivity contribution in [3.05, 3.63) is 26.8 Å². The van der Waals surface area contributed by atoms with Crippen molar-refractivity contribution in [1.29, 1.82) is 0 Å². The molecule has 2 rings (SSSR count). The topological polar surface area (TPSA) is 56.3 Å². The molecule has 8 heteroatoms. The van der Waals surface area contributed by atoms with Gasteiger partial charge in [0.25, 0.3) is 0 Å². The number of rotatable bonds is 6. The monoisotopic (exact) mass is 421 g/mol. The molecule has 1 heterocycles. The van der Waals surface area contributed by atoms with E-state index in [4.69, 9.17) is 9.47 Å². The van der Waals surface area contributed by atoms with Crippen molar-refractivity contribution in [3.8, 4) is 11.5 Å². The molecule has 1 N–H and O–H groups in total. The van der Waals surface area contributed by atoms with E-state index in [1.807, 2.05) is 19.1 Å². The van der Waals surface area contributed by atoms with Crippen LogP contribution in [0.4, 0.5) is 5.00 Å². The Morgan fingerprint density at radius 2 is 1.95 bits per heavy atom. The van der Waals surface area contributed by atoms with Gasteiger partial charge in [-0.15, -0.1) is 5.10 Å². The van der Waals surface area contributed by atoms with Crippen molar-refractivity contribution in [2.75, 3.05) is 19.0 Å². The van der Waals surface area contributed by atoms with Gasteiger partial charge in [0.15, 0.2) is 0 Å². The molecule has 0 atom stereocenters. The van der Waals surface area contributed by atoms with E-state index in [9.17, 15) is 0 Å². The zero-order chi connectivity index (χ0) is 14.5. The molecular formula is C12H13Br2N3O2S. The fourth-order valence-corrected chi connectivity index (χ4v) is 3.08. The summed E-state index contributed by atoms with van der Waals surface area (Å²) in [6.45, 7) is 3.21. The zero-order valence-corrected chi connectivity index (χ0v) is 14.9. The Kier molecular flexibility index (Phi) is 5.62. The van der Waals surface area contributed by atoms with E-state index in [1.54, 1.807) is 7.11 Å². The van der Waals surface area contributed by atoms with Crippen molar-refractivity contribution in [2.24, 2.45) is 0 Å². The van der Waals surface area contributed by atoms with Crippen molar-refractivity contribution in [1.82, 2.24) is 9.59 Å². The van der Waals surface area contributed by atoms with Crippen molar-refractivity contribution >= 4 is 48.4 Å². The molecule has 0 fully saturated rings. The average Bonchev–Trinajstić information content (AvgIpc) is 2.87. The number of ether oxygens (including phenoxy) is 2. The van der Waals surface area contributed by atoms with E-state index >= 15 is 0 Å². The van der Waals surface area contributed by atoms with Gasteiger partial charge >= 0.3 is 0 Å². The lowest BCUT2D eigenvalue weighted by atomic mass is 10.3. The normalized spacial score (nSPS) is 10.4. The Morgan fingerprint density at radius 3 is 2.65 bits per heavy atom. The number of methoxy groups -OCH3 is 1. The second-order valence-electron chi connectivity index (χ2n) is 3.78. The van der Waals surface area contributed by atoms with Gasteiger partial charge in [0.2, 0.25) is 0 Å². The van der Waals surface area contributed by atoms with Crippen LogP contribution in [0.1, 0.15) is 12.6 Å². The molecule has 2 aromatic rings. The molecule has 108 valence electrons. The number of halogens is 2. The molecule has 0 spiro atoms. The van der Waals surface area contributed by atoms with E-state index < -0.39 is 0 Å². The number of nitrogens with zero attached hydrogens (tertiary/aromatic N) is 2. The van der Waals surface area contributed by atoms with Gasteiger partial charge in [-0.05, 0) is 50.9 Å². The number of hydrogen-bond acceptors (Lipinski definition) is 6. The van der Waals surface area contributed by atoms with Crippen LogP contribution in [-0.2, 0) is 6.61 Å². The molecule has 5 nitrogen and oxygen atoms in total. The highest BCUT2D eigenvalue weighted by atomic mass is 79.9. The van der Waals surface area contributed by atoms with Crippen LogP contribution in [0.25, 0.3) is 0 Å². The second kappa shape index (κ2) is 7.24. The maximum absolute atomic E-state index is 5.78. The summed E-state index contributed by atoms with van der Waals surface area (Å²) in [5.74, 6) is 1.46. The molecule has 0 aliphatic rings. The van der Waals surface area contributed by atoms with Crippen LogP contribution in [-0.4, -0.2) is 23.2 Å². The summed E-state index contributed by atoms with van der Waals surface area (Å²) < 4.78 is 16.6. The molecule has 0 aliphatic heterocycles. The molecular weight excluding hydrogens is 410 g/mol. The first kappa shape index (κ1) is 15.5. The molecule has 0 amide bonds. The van der Waals surface area contributed by atoms with Crippen LogP contribution in [0.5, 0.6) is 11.5 Å². The Balaban J connectivity index is 2.11. The van der Waals surface area contributed by atoms with Crippen LogP contribution in [0.3, 0.4) is 0 Å². The van der Waals surface area contributed by atoms with Crippen LogP contribution in [0.2, 0.25) is 0 Å². The molecule has 0 aliphatic carbocycles. The molecule has 0 radical (unpaired) electrons.